The monoisotopic (exact) mass is 448 g/mol. The van der Waals surface area contributed by atoms with Crippen LogP contribution in [0.15, 0.2) is 65.6 Å². The predicted molar refractivity (Wildman–Crippen MR) is 118 cm³/mol. The highest BCUT2D eigenvalue weighted by atomic mass is 32.2. The van der Waals surface area contributed by atoms with E-state index in [1.165, 1.54) is 12.1 Å². The first kappa shape index (κ1) is 21.5. The number of nitrogens with zero attached hydrogens (tertiary/aromatic N) is 1. The highest BCUT2D eigenvalue weighted by Crippen LogP contribution is 2.28. The lowest BCUT2D eigenvalue weighted by molar-refractivity contribution is 0.234. The molecule has 1 N–H and O–H groups in total. The van der Waals surface area contributed by atoms with Crippen LogP contribution in [0.5, 0.6) is 0 Å². The lowest BCUT2D eigenvalue weighted by Crippen LogP contribution is -2.46. The number of rotatable bonds is 7. The average Bonchev–Trinajstić information content (AvgIpc) is 3.38. The minimum absolute atomic E-state index is 0.0945. The van der Waals surface area contributed by atoms with E-state index < -0.39 is 31.0 Å². The van der Waals surface area contributed by atoms with Gasteiger partial charge in [0.2, 0.25) is 0 Å². The maximum Gasteiger partial charge on any atom is 0.183 e. The van der Waals surface area contributed by atoms with Crippen LogP contribution in [0.4, 0.5) is 0 Å². The van der Waals surface area contributed by atoms with Gasteiger partial charge in [0.25, 0.3) is 0 Å². The molecule has 2 fully saturated rings. The van der Waals surface area contributed by atoms with E-state index in [0.29, 0.717) is 6.54 Å². The van der Waals surface area contributed by atoms with Crippen molar-refractivity contribution in [2.24, 2.45) is 0 Å². The summed E-state index contributed by atoms with van der Waals surface area (Å²) in [6, 6.07) is 17.8. The van der Waals surface area contributed by atoms with Gasteiger partial charge in [-0.05, 0) is 43.6 Å². The summed E-state index contributed by atoms with van der Waals surface area (Å²) in [5, 5.41) is 2.37. The molecule has 162 valence electrons. The standard InChI is InChI=1S/C22H28N2O4S2/c25-29(26)16-20(22(17-29)30(27,28)19-11-5-2-6-12-19)23-15-21(24-13-7-8-14-24)18-9-3-1-4-10-18/h1-6,9-12,20-23H,7-8,13-17H2/t20-,21?,22-/m0/s1. The van der Waals surface area contributed by atoms with Crippen LogP contribution in [-0.2, 0) is 19.7 Å². The molecule has 0 aromatic heterocycles. The van der Waals surface area contributed by atoms with Gasteiger partial charge in [0, 0.05) is 18.6 Å². The maximum absolute atomic E-state index is 13.2. The quantitative estimate of drug-likeness (QED) is 0.698. The Morgan fingerprint density at radius 2 is 1.53 bits per heavy atom. The van der Waals surface area contributed by atoms with Crippen molar-refractivity contribution in [3.8, 4) is 0 Å². The molecule has 2 aromatic carbocycles. The Morgan fingerprint density at radius 1 is 0.933 bits per heavy atom. The summed E-state index contributed by atoms with van der Waals surface area (Å²) in [6.45, 7) is 2.51. The molecule has 0 bridgehead atoms. The van der Waals surface area contributed by atoms with E-state index in [-0.39, 0.29) is 22.4 Å². The summed E-state index contributed by atoms with van der Waals surface area (Å²) in [5.41, 5.74) is 1.16. The molecule has 0 spiro atoms. The van der Waals surface area contributed by atoms with Crippen LogP contribution < -0.4 is 5.32 Å². The molecule has 2 aromatic rings. The SMILES string of the molecule is O=S1(=O)C[C@H](NCC(c2ccccc2)N2CCCC2)[C@@H](S(=O)(=O)c2ccccc2)C1. The number of likely N-dealkylation sites (tertiary alicyclic amines) is 1. The molecular weight excluding hydrogens is 420 g/mol. The molecule has 2 aliphatic heterocycles. The van der Waals surface area contributed by atoms with Crippen molar-refractivity contribution in [1.29, 1.82) is 0 Å². The second-order valence-corrected chi connectivity index (χ2v) is 12.5. The maximum atomic E-state index is 13.2. The fourth-order valence-corrected chi connectivity index (χ4v) is 9.28. The molecule has 2 saturated heterocycles. The second kappa shape index (κ2) is 8.78. The molecule has 1 unspecified atom stereocenters. The highest BCUT2D eigenvalue weighted by molar-refractivity contribution is 7.96. The van der Waals surface area contributed by atoms with Gasteiger partial charge < -0.3 is 5.32 Å². The van der Waals surface area contributed by atoms with Gasteiger partial charge in [-0.15, -0.1) is 0 Å². The summed E-state index contributed by atoms with van der Waals surface area (Å²) >= 11 is 0. The van der Waals surface area contributed by atoms with Crippen molar-refractivity contribution < 1.29 is 16.8 Å². The van der Waals surface area contributed by atoms with Crippen LogP contribution in [0.2, 0.25) is 0 Å². The van der Waals surface area contributed by atoms with E-state index >= 15 is 0 Å². The predicted octanol–water partition coefficient (Wildman–Crippen LogP) is 2.05. The van der Waals surface area contributed by atoms with Crippen molar-refractivity contribution in [1.82, 2.24) is 10.2 Å². The molecule has 0 saturated carbocycles. The van der Waals surface area contributed by atoms with Crippen molar-refractivity contribution in [2.75, 3.05) is 31.1 Å². The van der Waals surface area contributed by atoms with Gasteiger partial charge in [0.1, 0.15) is 0 Å². The molecule has 0 radical (unpaired) electrons. The van der Waals surface area contributed by atoms with Crippen molar-refractivity contribution in [2.45, 2.75) is 35.1 Å². The molecule has 0 amide bonds. The minimum Gasteiger partial charge on any atom is -0.310 e. The van der Waals surface area contributed by atoms with Gasteiger partial charge in [0.15, 0.2) is 19.7 Å². The first-order valence-corrected chi connectivity index (χ1v) is 13.8. The Bertz CT molecular complexity index is 1050. The Balaban J connectivity index is 1.57. The zero-order chi connectivity index (χ0) is 21.2. The third kappa shape index (κ3) is 4.61. The Hall–Kier alpha value is -1.74. The molecule has 30 heavy (non-hydrogen) atoms. The van der Waals surface area contributed by atoms with Crippen LogP contribution in [-0.4, -0.2) is 64.2 Å². The summed E-state index contributed by atoms with van der Waals surface area (Å²) in [5.74, 6) is -0.479. The smallest absolute Gasteiger partial charge is 0.183 e. The Kier molecular flexibility index (Phi) is 6.29. The fraction of sp³-hybridized carbons (Fsp3) is 0.455. The van der Waals surface area contributed by atoms with Crippen molar-refractivity contribution in [3.63, 3.8) is 0 Å². The van der Waals surface area contributed by atoms with Crippen molar-refractivity contribution in [3.05, 3.63) is 66.2 Å². The van der Waals surface area contributed by atoms with Crippen LogP contribution in [0.1, 0.15) is 24.4 Å². The van der Waals surface area contributed by atoms with Crippen LogP contribution in [0, 0.1) is 0 Å². The minimum atomic E-state index is -3.75. The van der Waals surface area contributed by atoms with E-state index in [0.717, 1.165) is 31.5 Å². The van der Waals surface area contributed by atoms with Gasteiger partial charge in [-0.25, -0.2) is 16.8 Å². The summed E-state index contributed by atoms with van der Waals surface area (Å²) in [7, 11) is -7.17. The van der Waals surface area contributed by atoms with E-state index in [4.69, 9.17) is 0 Å². The first-order valence-electron chi connectivity index (χ1n) is 10.4. The van der Waals surface area contributed by atoms with Gasteiger partial charge in [0.05, 0.1) is 21.7 Å². The number of hydrogen-bond donors (Lipinski definition) is 1. The summed E-state index contributed by atoms with van der Waals surface area (Å²) in [4.78, 5) is 2.57. The number of hydrogen-bond acceptors (Lipinski definition) is 6. The zero-order valence-corrected chi connectivity index (χ0v) is 18.5. The van der Waals surface area contributed by atoms with Gasteiger partial charge in [-0.2, -0.15) is 0 Å². The largest absolute Gasteiger partial charge is 0.310 e. The fourth-order valence-electron chi connectivity index (χ4n) is 4.55. The topological polar surface area (TPSA) is 83.6 Å². The van der Waals surface area contributed by atoms with Crippen LogP contribution in [0.25, 0.3) is 0 Å². The lowest BCUT2D eigenvalue weighted by Gasteiger charge is -2.30. The molecule has 2 aliphatic rings. The second-order valence-electron chi connectivity index (χ2n) is 8.16. The third-order valence-electron chi connectivity index (χ3n) is 6.11. The Morgan fingerprint density at radius 3 is 2.17 bits per heavy atom. The van der Waals surface area contributed by atoms with E-state index in [1.54, 1.807) is 18.2 Å². The molecular formula is C22H28N2O4S2. The lowest BCUT2D eigenvalue weighted by atomic mass is 10.0. The van der Waals surface area contributed by atoms with Gasteiger partial charge in [-0.1, -0.05) is 48.5 Å². The number of nitrogens with one attached hydrogen (secondary N) is 1. The van der Waals surface area contributed by atoms with Crippen LogP contribution >= 0.6 is 0 Å². The number of benzene rings is 2. The zero-order valence-electron chi connectivity index (χ0n) is 16.9. The van der Waals surface area contributed by atoms with E-state index in [2.05, 4.69) is 22.3 Å². The third-order valence-corrected chi connectivity index (χ3v) is 10.3. The Labute approximate surface area is 179 Å². The van der Waals surface area contributed by atoms with E-state index in [9.17, 15) is 16.8 Å². The normalized spacial score (nSPS) is 25.3. The summed E-state index contributed by atoms with van der Waals surface area (Å²) in [6.07, 6.45) is 2.29. The molecule has 0 aliphatic carbocycles. The molecule has 8 heteroatoms. The molecule has 6 nitrogen and oxygen atoms in total. The highest BCUT2D eigenvalue weighted by Gasteiger charge is 2.46. The number of sulfone groups is 2. The van der Waals surface area contributed by atoms with E-state index in [1.807, 2.05) is 18.2 Å². The van der Waals surface area contributed by atoms with Crippen molar-refractivity contribution >= 4 is 19.7 Å². The first-order chi connectivity index (χ1) is 14.4. The average molecular weight is 449 g/mol. The summed E-state index contributed by atoms with van der Waals surface area (Å²) < 4.78 is 51.1. The molecule has 2 heterocycles. The van der Waals surface area contributed by atoms with Gasteiger partial charge in [-0.3, -0.25) is 4.90 Å². The van der Waals surface area contributed by atoms with Crippen LogP contribution in [0.3, 0.4) is 0 Å². The van der Waals surface area contributed by atoms with Gasteiger partial charge >= 0.3 is 0 Å². The molecule has 3 atom stereocenters. The molecule has 4 rings (SSSR count).